The van der Waals surface area contributed by atoms with Crippen LogP contribution in [0.2, 0.25) is 0 Å². The first kappa shape index (κ1) is 22.2. The molecule has 1 radical (unpaired) electrons. The highest BCUT2D eigenvalue weighted by Gasteiger charge is 2.34. The summed E-state index contributed by atoms with van der Waals surface area (Å²) < 4.78 is 44.7. The first-order valence-corrected chi connectivity index (χ1v) is 11.2. The molecule has 29 heavy (non-hydrogen) atoms. The van der Waals surface area contributed by atoms with E-state index < -0.39 is 23.4 Å². The zero-order valence-electron chi connectivity index (χ0n) is 17.3. The van der Waals surface area contributed by atoms with Crippen LogP contribution in [0.3, 0.4) is 0 Å². The minimum atomic E-state index is -1.55. The Bertz CT molecular complexity index is 652. The number of esters is 1. The number of rotatable bonds is 7. The first-order chi connectivity index (χ1) is 14.0. The van der Waals surface area contributed by atoms with Gasteiger partial charge in [-0.05, 0) is 56.3 Å². The summed E-state index contributed by atoms with van der Waals surface area (Å²) in [6.45, 7) is 2.25. The average molecular weight is 410 g/mol. The maximum absolute atomic E-state index is 13.3. The molecule has 0 aromatic heterocycles. The monoisotopic (exact) mass is 409 g/mol. The van der Waals surface area contributed by atoms with Gasteiger partial charge in [0.1, 0.15) is 5.75 Å². The summed E-state index contributed by atoms with van der Waals surface area (Å²) >= 11 is 0. The molecule has 0 atom stereocenters. The van der Waals surface area contributed by atoms with Gasteiger partial charge in [0, 0.05) is 12.1 Å². The fraction of sp³-hybridized carbons (Fsp3) is 0.667. The third-order valence-electron chi connectivity index (χ3n) is 6.78. The molecule has 0 saturated heterocycles. The molecule has 0 heterocycles. The van der Waals surface area contributed by atoms with Crippen molar-refractivity contribution in [1.29, 1.82) is 0 Å². The van der Waals surface area contributed by atoms with E-state index in [4.69, 9.17) is 4.74 Å². The van der Waals surface area contributed by atoms with Gasteiger partial charge in [-0.2, -0.15) is 0 Å². The summed E-state index contributed by atoms with van der Waals surface area (Å²) in [6.07, 6.45) is 13.8. The molecule has 2 fully saturated rings. The van der Waals surface area contributed by atoms with E-state index in [0.717, 1.165) is 43.7 Å². The van der Waals surface area contributed by atoms with Crippen molar-refractivity contribution in [2.24, 2.45) is 17.8 Å². The Balaban J connectivity index is 1.42. The van der Waals surface area contributed by atoms with Crippen molar-refractivity contribution in [2.45, 2.75) is 84.0 Å². The number of benzene rings is 1. The van der Waals surface area contributed by atoms with Crippen molar-refractivity contribution in [3.05, 3.63) is 35.5 Å². The smallest absolute Gasteiger partial charge is 0.314 e. The average Bonchev–Trinajstić information content (AvgIpc) is 2.73. The molecule has 2 aliphatic rings. The SMILES string of the molecule is CCCCCC1CCC([C]2CCC(C(=O)Oc3cc(F)c(F)c(F)c3)CC2)CC1. The minimum Gasteiger partial charge on any atom is -0.426 e. The molecule has 0 amide bonds. The largest absolute Gasteiger partial charge is 0.426 e. The van der Waals surface area contributed by atoms with Gasteiger partial charge in [-0.1, -0.05) is 45.4 Å². The highest BCUT2D eigenvalue weighted by atomic mass is 19.2. The molecule has 2 saturated carbocycles. The lowest BCUT2D eigenvalue weighted by Crippen LogP contribution is -2.29. The number of hydrogen-bond acceptors (Lipinski definition) is 2. The molecule has 1 aromatic rings. The van der Waals surface area contributed by atoms with E-state index in [-0.39, 0.29) is 11.7 Å². The highest BCUT2D eigenvalue weighted by molar-refractivity contribution is 5.75. The van der Waals surface area contributed by atoms with Crippen LogP contribution in [0.25, 0.3) is 0 Å². The molecule has 0 N–H and O–H groups in total. The third-order valence-corrected chi connectivity index (χ3v) is 6.78. The number of carbonyl (C=O) groups excluding carboxylic acids is 1. The molecular weight excluding hydrogens is 377 g/mol. The Morgan fingerprint density at radius 2 is 1.59 bits per heavy atom. The van der Waals surface area contributed by atoms with Gasteiger partial charge in [0.25, 0.3) is 0 Å². The van der Waals surface area contributed by atoms with Gasteiger partial charge in [-0.25, -0.2) is 13.2 Å². The summed E-state index contributed by atoms with van der Waals surface area (Å²) in [6, 6.07) is 1.44. The van der Waals surface area contributed by atoms with Crippen LogP contribution in [0.1, 0.15) is 84.0 Å². The summed E-state index contributed by atoms with van der Waals surface area (Å²) in [5.74, 6) is -2.11. The molecule has 0 spiro atoms. The van der Waals surface area contributed by atoms with Crippen molar-refractivity contribution in [3.8, 4) is 5.75 Å². The Morgan fingerprint density at radius 3 is 2.17 bits per heavy atom. The Hall–Kier alpha value is -1.52. The topological polar surface area (TPSA) is 26.3 Å². The van der Waals surface area contributed by atoms with Crippen molar-refractivity contribution in [2.75, 3.05) is 0 Å². The lowest BCUT2D eigenvalue weighted by molar-refractivity contribution is -0.139. The lowest BCUT2D eigenvalue weighted by Gasteiger charge is -2.37. The van der Waals surface area contributed by atoms with Crippen LogP contribution in [-0.2, 0) is 4.79 Å². The molecule has 0 aliphatic heterocycles. The standard InChI is InChI=1S/C24H32F3O2/c1-2-3-4-5-16-6-8-17(9-7-16)18-10-12-19(13-11-18)24(28)29-20-14-21(25)23(27)22(26)15-20/h14-17,19H,2-13H2,1H3. The molecule has 3 rings (SSSR count). The fourth-order valence-electron chi connectivity index (χ4n) is 4.97. The van der Waals surface area contributed by atoms with Crippen LogP contribution in [0.4, 0.5) is 13.2 Å². The van der Waals surface area contributed by atoms with E-state index in [2.05, 4.69) is 6.92 Å². The molecule has 0 bridgehead atoms. The van der Waals surface area contributed by atoms with Gasteiger partial charge in [-0.15, -0.1) is 0 Å². The van der Waals surface area contributed by atoms with Crippen LogP contribution >= 0.6 is 0 Å². The fourth-order valence-corrected chi connectivity index (χ4v) is 4.97. The van der Waals surface area contributed by atoms with E-state index in [0.29, 0.717) is 5.92 Å². The Labute approximate surface area is 172 Å². The van der Waals surface area contributed by atoms with Gasteiger partial charge in [0.15, 0.2) is 17.5 Å². The lowest BCUT2D eigenvalue weighted by atomic mass is 9.68. The quantitative estimate of drug-likeness (QED) is 0.207. The van der Waals surface area contributed by atoms with E-state index in [9.17, 15) is 18.0 Å². The summed E-state index contributed by atoms with van der Waals surface area (Å²) in [4.78, 5) is 12.4. The second kappa shape index (κ2) is 10.5. The zero-order valence-corrected chi connectivity index (χ0v) is 17.3. The van der Waals surface area contributed by atoms with E-state index in [1.807, 2.05) is 0 Å². The van der Waals surface area contributed by atoms with Crippen LogP contribution in [0.5, 0.6) is 5.75 Å². The first-order valence-electron chi connectivity index (χ1n) is 11.2. The molecule has 0 unspecified atom stereocenters. The third kappa shape index (κ3) is 5.99. The predicted octanol–water partition coefficient (Wildman–Crippen LogP) is 7.16. The Morgan fingerprint density at radius 1 is 0.966 bits per heavy atom. The Kier molecular flexibility index (Phi) is 8.02. The van der Waals surface area contributed by atoms with Crippen LogP contribution in [-0.4, -0.2) is 5.97 Å². The van der Waals surface area contributed by atoms with Gasteiger partial charge in [-0.3, -0.25) is 4.79 Å². The molecule has 1 aromatic carbocycles. The van der Waals surface area contributed by atoms with Crippen LogP contribution < -0.4 is 4.74 Å². The van der Waals surface area contributed by atoms with Gasteiger partial charge in [0.05, 0.1) is 5.92 Å². The van der Waals surface area contributed by atoms with Gasteiger partial charge >= 0.3 is 5.97 Å². The van der Waals surface area contributed by atoms with Crippen molar-refractivity contribution in [1.82, 2.24) is 0 Å². The van der Waals surface area contributed by atoms with E-state index in [1.54, 1.807) is 5.92 Å². The van der Waals surface area contributed by atoms with Crippen LogP contribution in [0, 0.1) is 41.1 Å². The molecule has 2 nitrogen and oxygen atoms in total. The highest BCUT2D eigenvalue weighted by Crippen LogP contribution is 2.43. The predicted molar refractivity (Wildman–Crippen MR) is 107 cm³/mol. The van der Waals surface area contributed by atoms with Gasteiger partial charge in [0.2, 0.25) is 0 Å². The van der Waals surface area contributed by atoms with Crippen molar-refractivity contribution < 1.29 is 22.7 Å². The molecular formula is C24H32F3O2. The van der Waals surface area contributed by atoms with Crippen molar-refractivity contribution >= 4 is 5.97 Å². The number of carbonyl (C=O) groups is 1. The van der Waals surface area contributed by atoms with Gasteiger partial charge < -0.3 is 4.74 Å². The normalized spacial score (nSPS) is 23.9. The van der Waals surface area contributed by atoms with Crippen LogP contribution in [0.15, 0.2) is 12.1 Å². The number of ether oxygens (including phenoxy) is 1. The van der Waals surface area contributed by atoms with E-state index in [1.165, 1.54) is 51.4 Å². The minimum absolute atomic E-state index is 0.264. The maximum atomic E-state index is 13.3. The number of hydrogen-bond donors (Lipinski definition) is 0. The number of unbranched alkanes of at least 4 members (excludes halogenated alkanes) is 2. The second-order valence-corrected chi connectivity index (χ2v) is 8.77. The molecule has 5 heteroatoms. The second-order valence-electron chi connectivity index (χ2n) is 8.77. The summed E-state index contributed by atoms with van der Waals surface area (Å²) in [5.41, 5.74) is 0. The van der Waals surface area contributed by atoms with Crippen molar-refractivity contribution in [3.63, 3.8) is 0 Å². The summed E-state index contributed by atoms with van der Waals surface area (Å²) in [7, 11) is 0. The van der Waals surface area contributed by atoms with E-state index >= 15 is 0 Å². The molecule has 161 valence electrons. The number of halogens is 3. The molecule has 2 aliphatic carbocycles. The summed E-state index contributed by atoms with van der Waals surface area (Å²) in [5, 5.41) is 0. The maximum Gasteiger partial charge on any atom is 0.314 e. The zero-order chi connectivity index (χ0) is 20.8.